The molecule has 1 aromatic carbocycles. The van der Waals surface area contributed by atoms with Gasteiger partial charge < -0.3 is 4.74 Å². The molecule has 0 fully saturated rings. The van der Waals surface area contributed by atoms with E-state index < -0.39 is 0 Å². The van der Waals surface area contributed by atoms with E-state index in [1.54, 1.807) is 0 Å². The molecule has 0 aliphatic heterocycles. The van der Waals surface area contributed by atoms with Crippen molar-refractivity contribution in [3.8, 4) is 11.8 Å². The third-order valence-electron chi connectivity index (χ3n) is 2.26. The lowest BCUT2D eigenvalue weighted by atomic mass is 10.2. The lowest BCUT2D eigenvalue weighted by Gasteiger charge is -2.05. The number of rotatable bonds is 6. The number of hydrogen-bond donors (Lipinski definition) is 0. The van der Waals surface area contributed by atoms with Crippen LogP contribution in [0.3, 0.4) is 0 Å². The summed E-state index contributed by atoms with van der Waals surface area (Å²) in [5.74, 6) is 0.689. The molecule has 0 heterocycles. The summed E-state index contributed by atoms with van der Waals surface area (Å²) in [5.41, 5.74) is 1.26. The highest BCUT2D eigenvalue weighted by molar-refractivity contribution is 5.80. The molecule has 16 heavy (non-hydrogen) atoms. The zero-order chi connectivity index (χ0) is 11.8. The van der Waals surface area contributed by atoms with Gasteiger partial charge in [-0.2, -0.15) is 5.26 Å². The molecule has 0 bridgehead atoms. The Bertz CT molecular complexity index is 376. The van der Waals surface area contributed by atoms with E-state index in [-0.39, 0.29) is 12.2 Å². The first-order chi connectivity index (χ1) is 7.76. The van der Waals surface area contributed by atoms with Gasteiger partial charge in [0.25, 0.3) is 0 Å². The van der Waals surface area contributed by atoms with Gasteiger partial charge in [-0.1, -0.05) is 19.1 Å². The monoisotopic (exact) mass is 217 g/mol. The highest BCUT2D eigenvalue weighted by Gasteiger charge is 2.01. The molecule has 3 heteroatoms. The molecule has 0 unspecified atom stereocenters. The lowest BCUT2D eigenvalue weighted by molar-refractivity contribution is -0.118. The van der Waals surface area contributed by atoms with Crippen molar-refractivity contribution in [1.82, 2.24) is 0 Å². The van der Waals surface area contributed by atoms with Gasteiger partial charge in [0.1, 0.15) is 11.5 Å². The molecular weight excluding hydrogens is 202 g/mol. The number of carbonyl (C=O) groups excluding carboxylic acids is 1. The number of aryl methyl sites for hydroxylation is 1. The first kappa shape index (κ1) is 12.3. The highest BCUT2D eigenvalue weighted by Crippen LogP contribution is 2.12. The van der Waals surface area contributed by atoms with Gasteiger partial charge in [-0.25, -0.2) is 0 Å². The van der Waals surface area contributed by atoms with Gasteiger partial charge in [-0.3, -0.25) is 4.79 Å². The van der Waals surface area contributed by atoms with E-state index in [9.17, 15) is 4.79 Å². The predicted octanol–water partition coefficient (Wildman–Crippen LogP) is 2.50. The number of nitrogens with zero attached hydrogens (tertiary/aromatic N) is 1. The second-order valence-corrected chi connectivity index (χ2v) is 3.47. The van der Waals surface area contributed by atoms with E-state index in [4.69, 9.17) is 10.00 Å². The van der Waals surface area contributed by atoms with Crippen LogP contribution in [0.2, 0.25) is 0 Å². The minimum atomic E-state index is -0.0762. The molecule has 0 amide bonds. The zero-order valence-corrected chi connectivity index (χ0v) is 9.40. The van der Waals surface area contributed by atoms with Gasteiger partial charge in [0, 0.05) is 6.42 Å². The standard InChI is InChI=1S/C13H15NO2/c1-2-11-3-5-13(6-4-11)16-10-8-12(15)7-9-14/h3-6H,2,7-8,10H2,1H3. The fraction of sp³-hybridized carbons (Fsp3) is 0.385. The second kappa shape index (κ2) is 6.62. The molecule has 0 aliphatic carbocycles. The molecule has 1 rings (SSSR count). The van der Waals surface area contributed by atoms with Crippen LogP contribution in [0.1, 0.15) is 25.3 Å². The molecule has 84 valence electrons. The van der Waals surface area contributed by atoms with Crippen molar-refractivity contribution in [3.63, 3.8) is 0 Å². The van der Waals surface area contributed by atoms with E-state index >= 15 is 0 Å². The summed E-state index contributed by atoms with van der Waals surface area (Å²) in [7, 11) is 0. The zero-order valence-electron chi connectivity index (χ0n) is 9.40. The van der Waals surface area contributed by atoms with Crippen LogP contribution in [0.4, 0.5) is 0 Å². The Kier molecular flexibility index (Phi) is 5.07. The Labute approximate surface area is 95.7 Å². The summed E-state index contributed by atoms with van der Waals surface area (Å²) in [6, 6.07) is 9.63. The summed E-state index contributed by atoms with van der Waals surface area (Å²) in [4.78, 5) is 11.0. The number of hydrogen-bond acceptors (Lipinski definition) is 3. The number of nitriles is 1. The average molecular weight is 217 g/mol. The molecule has 0 N–H and O–H groups in total. The van der Waals surface area contributed by atoms with Crippen molar-refractivity contribution in [2.24, 2.45) is 0 Å². The molecule has 0 spiro atoms. The van der Waals surface area contributed by atoms with Crippen LogP contribution in [0, 0.1) is 11.3 Å². The Morgan fingerprint density at radius 1 is 1.38 bits per heavy atom. The maximum absolute atomic E-state index is 11.0. The Hall–Kier alpha value is -1.82. The van der Waals surface area contributed by atoms with E-state index in [2.05, 4.69) is 6.92 Å². The van der Waals surface area contributed by atoms with Crippen molar-refractivity contribution in [2.45, 2.75) is 26.2 Å². The van der Waals surface area contributed by atoms with Crippen LogP contribution in [-0.4, -0.2) is 12.4 Å². The SMILES string of the molecule is CCc1ccc(OCCC(=O)CC#N)cc1. The van der Waals surface area contributed by atoms with Crippen LogP contribution >= 0.6 is 0 Å². The van der Waals surface area contributed by atoms with Crippen LogP contribution in [-0.2, 0) is 11.2 Å². The van der Waals surface area contributed by atoms with Gasteiger partial charge in [0.05, 0.1) is 19.1 Å². The average Bonchev–Trinajstić information content (AvgIpc) is 2.30. The molecule has 0 saturated heterocycles. The van der Waals surface area contributed by atoms with E-state index in [1.165, 1.54) is 5.56 Å². The summed E-state index contributed by atoms with van der Waals surface area (Å²) in [5, 5.41) is 8.30. The highest BCUT2D eigenvalue weighted by atomic mass is 16.5. The molecule has 0 atom stereocenters. The summed E-state index contributed by atoms with van der Waals surface area (Å²) in [6.45, 7) is 2.43. The molecule has 0 saturated carbocycles. The van der Waals surface area contributed by atoms with Crippen molar-refractivity contribution >= 4 is 5.78 Å². The molecule has 1 aromatic rings. The van der Waals surface area contributed by atoms with Gasteiger partial charge in [0.2, 0.25) is 0 Å². The maximum Gasteiger partial charge on any atom is 0.150 e. The minimum Gasteiger partial charge on any atom is -0.493 e. The number of Topliss-reactive ketones (excluding diaryl/α,β-unsaturated/α-hetero) is 1. The van der Waals surface area contributed by atoms with E-state index in [0.717, 1.165) is 12.2 Å². The van der Waals surface area contributed by atoms with Gasteiger partial charge in [0.15, 0.2) is 0 Å². The van der Waals surface area contributed by atoms with E-state index in [1.807, 2.05) is 30.3 Å². The summed E-state index contributed by atoms with van der Waals surface area (Å²) < 4.78 is 5.39. The smallest absolute Gasteiger partial charge is 0.150 e. The van der Waals surface area contributed by atoms with Crippen LogP contribution in [0.15, 0.2) is 24.3 Å². The van der Waals surface area contributed by atoms with Gasteiger partial charge >= 0.3 is 0 Å². The van der Waals surface area contributed by atoms with E-state index in [0.29, 0.717) is 13.0 Å². The number of ketones is 1. The largest absolute Gasteiger partial charge is 0.493 e. The number of carbonyl (C=O) groups is 1. The Balaban J connectivity index is 2.32. The van der Waals surface area contributed by atoms with Gasteiger partial charge in [-0.15, -0.1) is 0 Å². The van der Waals surface area contributed by atoms with Crippen LogP contribution < -0.4 is 4.74 Å². The Morgan fingerprint density at radius 3 is 2.62 bits per heavy atom. The number of ether oxygens (including phenoxy) is 1. The summed E-state index contributed by atoms with van der Waals surface area (Å²) in [6.07, 6.45) is 1.27. The summed E-state index contributed by atoms with van der Waals surface area (Å²) >= 11 is 0. The van der Waals surface area contributed by atoms with Crippen molar-refractivity contribution in [2.75, 3.05) is 6.61 Å². The van der Waals surface area contributed by atoms with Crippen molar-refractivity contribution in [3.05, 3.63) is 29.8 Å². The first-order valence-corrected chi connectivity index (χ1v) is 5.36. The molecule has 0 aromatic heterocycles. The fourth-order valence-electron chi connectivity index (χ4n) is 1.28. The Morgan fingerprint density at radius 2 is 2.06 bits per heavy atom. The third-order valence-corrected chi connectivity index (χ3v) is 2.26. The molecular formula is C13H15NO2. The second-order valence-electron chi connectivity index (χ2n) is 3.47. The van der Waals surface area contributed by atoms with Crippen molar-refractivity contribution < 1.29 is 9.53 Å². The predicted molar refractivity (Wildman–Crippen MR) is 61.2 cm³/mol. The first-order valence-electron chi connectivity index (χ1n) is 5.36. The normalized spacial score (nSPS) is 9.50. The lowest BCUT2D eigenvalue weighted by Crippen LogP contribution is -2.05. The third kappa shape index (κ3) is 4.14. The quantitative estimate of drug-likeness (QED) is 0.735. The molecule has 0 radical (unpaired) electrons. The van der Waals surface area contributed by atoms with Crippen LogP contribution in [0.5, 0.6) is 5.75 Å². The van der Waals surface area contributed by atoms with Crippen molar-refractivity contribution in [1.29, 1.82) is 5.26 Å². The molecule has 3 nitrogen and oxygen atoms in total. The fourth-order valence-corrected chi connectivity index (χ4v) is 1.28. The van der Waals surface area contributed by atoms with Gasteiger partial charge in [-0.05, 0) is 24.1 Å². The maximum atomic E-state index is 11.0. The topological polar surface area (TPSA) is 50.1 Å². The molecule has 0 aliphatic rings. The van der Waals surface area contributed by atoms with Crippen LogP contribution in [0.25, 0.3) is 0 Å². The minimum absolute atomic E-state index is 0.0296. The number of benzene rings is 1.